The van der Waals surface area contributed by atoms with Crippen LogP contribution in [0.5, 0.6) is 0 Å². The first kappa shape index (κ1) is 12.1. The molecule has 2 N–H and O–H groups in total. The van der Waals surface area contributed by atoms with Gasteiger partial charge in [0.2, 0.25) is 0 Å². The van der Waals surface area contributed by atoms with Gasteiger partial charge >= 0.3 is 5.97 Å². The quantitative estimate of drug-likeness (QED) is 0.797. The van der Waals surface area contributed by atoms with Crippen molar-refractivity contribution in [2.75, 3.05) is 6.54 Å². The van der Waals surface area contributed by atoms with Gasteiger partial charge in [0, 0.05) is 6.54 Å². The standard InChI is InChI=1S/C9H13N3O4S/c13-9(14)7-3-1-2-6-12(7)17(15,16)8-4-5-10-11-8/h4-5,7H,1-3,6H2,(H,10,11)(H,13,14)/t7-/m0/s1. The molecule has 7 nitrogen and oxygen atoms in total. The fraction of sp³-hybridized carbons (Fsp3) is 0.556. The van der Waals surface area contributed by atoms with E-state index in [1.807, 2.05) is 0 Å². The van der Waals surface area contributed by atoms with Crippen LogP contribution in [0.15, 0.2) is 17.3 Å². The summed E-state index contributed by atoms with van der Waals surface area (Å²) < 4.78 is 25.3. The summed E-state index contributed by atoms with van der Waals surface area (Å²) in [5.74, 6) is -1.10. The Labute approximate surface area is 98.5 Å². The van der Waals surface area contributed by atoms with Crippen molar-refractivity contribution in [2.24, 2.45) is 0 Å². The molecule has 1 aromatic rings. The van der Waals surface area contributed by atoms with E-state index in [1.165, 1.54) is 12.3 Å². The van der Waals surface area contributed by atoms with Crippen LogP contribution in [0.4, 0.5) is 0 Å². The molecule has 2 rings (SSSR count). The van der Waals surface area contributed by atoms with Gasteiger partial charge in [0.05, 0.1) is 6.20 Å². The zero-order valence-corrected chi connectivity index (χ0v) is 9.85. The molecule has 1 aromatic heterocycles. The molecule has 1 fully saturated rings. The lowest BCUT2D eigenvalue weighted by Crippen LogP contribution is -2.47. The number of hydrogen-bond acceptors (Lipinski definition) is 4. The third-order valence-electron chi connectivity index (χ3n) is 2.80. The third kappa shape index (κ3) is 2.18. The van der Waals surface area contributed by atoms with Crippen molar-refractivity contribution >= 4 is 16.0 Å². The lowest BCUT2D eigenvalue weighted by atomic mass is 10.1. The number of sulfonamides is 1. The third-order valence-corrected chi connectivity index (χ3v) is 4.64. The SMILES string of the molecule is O=C(O)[C@@H]1CCCCN1S(=O)(=O)c1ccn[nH]1. The summed E-state index contributed by atoms with van der Waals surface area (Å²) in [4.78, 5) is 11.0. The number of carboxylic acids is 1. The van der Waals surface area contributed by atoms with Crippen LogP contribution in [0.2, 0.25) is 0 Å². The van der Waals surface area contributed by atoms with E-state index in [0.717, 1.165) is 10.7 Å². The maximum atomic E-state index is 12.2. The predicted molar refractivity (Wildman–Crippen MR) is 57.8 cm³/mol. The molecule has 0 bridgehead atoms. The maximum absolute atomic E-state index is 12.2. The minimum atomic E-state index is -3.78. The Morgan fingerprint density at radius 1 is 1.53 bits per heavy atom. The number of rotatable bonds is 3. The van der Waals surface area contributed by atoms with Crippen LogP contribution in [0, 0.1) is 0 Å². The summed E-state index contributed by atoms with van der Waals surface area (Å²) in [6.45, 7) is 0.234. The van der Waals surface area contributed by atoms with Crippen molar-refractivity contribution in [1.82, 2.24) is 14.5 Å². The minimum absolute atomic E-state index is 0.0642. The Kier molecular flexibility index (Phi) is 3.16. The lowest BCUT2D eigenvalue weighted by Gasteiger charge is -2.31. The van der Waals surface area contributed by atoms with E-state index in [4.69, 9.17) is 5.11 Å². The summed E-state index contributed by atoms with van der Waals surface area (Å²) in [5.41, 5.74) is 0. The average Bonchev–Trinajstić information content (AvgIpc) is 2.83. The van der Waals surface area contributed by atoms with Gasteiger partial charge in [-0.05, 0) is 25.3 Å². The predicted octanol–water partition coefficient (Wildman–Crippen LogP) is 0.0375. The van der Waals surface area contributed by atoms with Crippen molar-refractivity contribution in [3.63, 3.8) is 0 Å². The van der Waals surface area contributed by atoms with Crippen LogP contribution in [0.25, 0.3) is 0 Å². The van der Waals surface area contributed by atoms with Crippen LogP contribution in [-0.4, -0.2) is 46.6 Å². The van der Waals surface area contributed by atoms with E-state index in [-0.39, 0.29) is 11.6 Å². The van der Waals surface area contributed by atoms with Gasteiger partial charge in [-0.2, -0.15) is 9.40 Å². The van der Waals surface area contributed by atoms with E-state index in [1.54, 1.807) is 0 Å². The zero-order valence-electron chi connectivity index (χ0n) is 9.04. The van der Waals surface area contributed by atoms with Crippen LogP contribution < -0.4 is 0 Å². The highest BCUT2D eigenvalue weighted by molar-refractivity contribution is 7.89. The number of carbonyl (C=O) groups is 1. The first-order valence-corrected chi connectivity index (χ1v) is 6.71. The second kappa shape index (κ2) is 4.46. The van der Waals surface area contributed by atoms with Crippen LogP contribution in [-0.2, 0) is 14.8 Å². The number of aliphatic carboxylic acids is 1. The normalized spacial score (nSPS) is 22.5. The molecule has 0 aliphatic carbocycles. The fourth-order valence-corrected chi connectivity index (χ4v) is 3.51. The summed E-state index contributed by atoms with van der Waals surface area (Å²) in [5, 5.41) is 14.9. The van der Waals surface area contributed by atoms with Crippen LogP contribution in [0.3, 0.4) is 0 Å². The fourth-order valence-electron chi connectivity index (χ4n) is 1.95. The smallest absolute Gasteiger partial charge is 0.322 e. The van der Waals surface area contributed by atoms with Crippen molar-refractivity contribution in [3.05, 3.63) is 12.3 Å². The van der Waals surface area contributed by atoms with Crippen molar-refractivity contribution < 1.29 is 18.3 Å². The molecule has 0 spiro atoms. The Morgan fingerprint density at radius 2 is 2.29 bits per heavy atom. The molecule has 8 heteroatoms. The highest BCUT2D eigenvalue weighted by atomic mass is 32.2. The largest absolute Gasteiger partial charge is 0.480 e. The van der Waals surface area contributed by atoms with Gasteiger partial charge in [0.1, 0.15) is 6.04 Å². The Bertz CT molecular complexity index is 496. The molecule has 0 aromatic carbocycles. The molecule has 0 amide bonds. The van der Waals surface area contributed by atoms with Gasteiger partial charge in [-0.3, -0.25) is 9.89 Å². The van der Waals surface area contributed by atoms with Gasteiger partial charge < -0.3 is 5.11 Å². The van der Waals surface area contributed by atoms with Crippen molar-refractivity contribution in [2.45, 2.75) is 30.3 Å². The number of aromatic amines is 1. The number of aromatic nitrogens is 2. The summed E-state index contributed by atoms with van der Waals surface area (Å²) in [7, 11) is -3.78. The van der Waals surface area contributed by atoms with E-state index in [0.29, 0.717) is 12.8 Å². The molecule has 0 saturated carbocycles. The number of nitrogens with zero attached hydrogens (tertiary/aromatic N) is 2. The van der Waals surface area contributed by atoms with E-state index in [9.17, 15) is 13.2 Å². The van der Waals surface area contributed by atoms with Crippen LogP contribution in [0.1, 0.15) is 19.3 Å². The second-order valence-electron chi connectivity index (χ2n) is 3.89. The van der Waals surface area contributed by atoms with Gasteiger partial charge in [0.15, 0.2) is 5.03 Å². The van der Waals surface area contributed by atoms with Gasteiger partial charge in [-0.1, -0.05) is 0 Å². The maximum Gasteiger partial charge on any atom is 0.322 e. The number of piperidine rings is 1. The highest BCUT2D eigenvalue weighted by Gasteiger charge is 2.38. The molecular weight excluding hydrogens is 246 g/mol. The molecule has 1 atom stereocenters. The number of carboxylic acid groups (broad SMARTS) is 1. The van der Waals surface area contributed by atoms with Gasteiger partial charge in [-0.15, -0.1) is 0 Å². The number of nitrogens with one attached hydrogen (secondary N) is 1. The molecule has 94 valence electrons. The Hall–Kier alpha value is -1.41. The zero-order chi connectivity index (χ0) is 12.5. The topological polar surface area (TPSA) is 103 Å². The van der Waals surface area contributed by atoms with Crippen molar-refractivity contribution in [3.8, 4) is 0 Å². The molecular formula is C9H13N3O4S. The highest BCUT2D eigenvalue weighted by Crippen LogP contribution is 2.24. The lowest BCUT2D eigenvalue weighted by molar-refractivity contribution is -0.142. The molecule has 1 aliphatic heterocycles. The Morgan fingerprint density at radius 3 is 2.88 bits per heavy atom. The molecule has 0 radical (unpaired) electrons. The summed E-state index contributed by atoms with van der Waals surface area (Å²) >= 11 is 0. The number of H-pyrrole nitrogens is 1. The van der Waals surface area contributed by atoms with E-state index in [2.05, 4.69) is 10.2 Å². The summed E-state index contributed by atoms with van der Waals surface area (Å²) in [6, 6.07) is 0.347. The molecule has 1 saturated heterocycles. The van der Waals surface area contributed by atoms with Crippen molar-refractivity contribution in [1.29, 1.82) is 0 Å². The molecule has 1 aliphatic rings. The Balaban J connectivity index is 2.34. The minimum Gasteiger partial charge on any atom is -0.480 e. The molecule has 0 unspecified atom stereocenters. The first-order valence-electron chi connectivity index (χ1n) is 5.27. The monoisotopic (exact) mass is 259 g/mol. The van der Waals surface area contributed by atoms with E-state index >= 15 is 0 Å². The van der Waals surface area contributed by atoms with Gasteiger partial charge in [-0.25, -0.2) is 8.42 Å². The van der Waals surface area contributed by atoms with Gasteiger partial charge in [0.25, 0.3) is 10.0 Å². The van der Waals surface area contributed by atoms with E-state index < -0.39 is 22.0 Å². The first-order chi connectivity index (χ1) is 8.03. The van der Waals surface area contributed by atoms with Crippen LogP contribution >= 0.6 is 0 Å². The second-order valence-corrected chi connectivity index (χ2v) is 5.75. The molecule has 17 heavy (non-hydrogen) atoms. The number of hydrogen-bond donors (Lipinski definition) is 2. The molecule has 2 heterocycles. The average molecular weight is 259 g/mol. The summed E-state index contributed by atoms with van der Waals surface area (Å²) in [6.07, 6.45) is 3.08.